The van der Waals surface area contributed by atoms with Gasteiger partial charge in [0.15, 0.2) is 6.10 Å². The Bertz CT molecular complexity index is 1520. The minimum absolute atomic E-state index is 0.295. The monoisotopic (exact) mass is 471 g/mol. The Labute approximate surface area is 208 Å². The molecule has 0 spiro atoms. The first-order chi connectivity index (χ1) is 17.7. The number of carbonyl (C=O) groups excluding carboxylic acids is 2. The van der Waals surface area contributed by atoms with E-state index in [0.717, 1.165) is 22.5 Å². The molecule has 6 heteroatoms. The molecule has 7 rings (SSSR count). The largest absolute Gasteiger partial charge is 0.273 e. The molecule has 3 aliphatic rings. The van der Waals surface area contributed by atoms with Gasteiger partial charge in [0.2, 0.25) is 5.91 Å². The summed E-state index contributed by atoms with van der Waals surface area (Å²) < 4.78 is 0. The SMILES string of the molecule is O=C1[C@H]2ON3c4ccccc4C(=Nc4ccccc4)[C@]3(c3ccccc3)[C@H]2C(=O)N1c1ccccc1. The maximum Gasteiger partial charge on any atom is 0.266 e. The first-order valence-electron chi connectivity index (χ1n) is 11.9. The van der Waals surface area contributed by atoms with Gasteiger partial charge in [-0.3, -0.25) is 14.4 Å². The lowest BCUT2D eigenvalue weighted by Crippen LogP contribution is -2.51. The van der Waals surface area contributed by atoms with E-state index in [2.05, 4.69) is 0 Å². The van der Waals surface area contributed by atoms with E-state index in [1.165, 1.54) is 4.90 Å². The molecule has 0 aliphatic carbocycles. The van der Waals surface area contributed by atoms with Crippen molar-refractivity contribution in [2.75, 3.05) is 9.96 Å². The van der Waals surface area contributed by atoms with Crippen molar-refractivity contribution in [2.45, 2.75) is 11.6 Å². The Morgan fingerprint density at radius 1 is 0.694 bits per heavy atom. The summed E-state index contributed by atoms with van der Waals surface area (Å²) in [5, 5.41) is 1.76. The third-order valence-electron chi connectivity index (χ3n) is 7.21. The molecule has 2 fully saturated rings. The van der Waals surface area contributed by atoms with E-state index in [9.17, 15) is 9.59 Å². The van der Waals surface area contributed by atoms with Crippen molar-refractivity contribution < 1.29 is 14.4 Å². The molecule has 0 bridgehead atoms. The summed E-state index contributed by atoms with van der Waals surface area (Å²) in [6.07, 6.45) is -0.966. The third-order valence-corrected chi connectivity index (χ3v) is 7.21. The fourth-order valence-corrected chi connectivity index (χ4v) is 5.75. The molecule has 3 aliphatic heterocycles. The standard InChI is InChI=1S/C30H21N3O3/c34-28-25-26(29(35)32(28)22-16-8-3-9-17-22)36-33-24-19-11-10-18-23(24)27(31-21-14-6-2-7-15-21)30(25,33)20-12-4-1-5-13-20/h1-19,25-26H/t25-,26+,30+/m1/s1. The molecule has 4 aromatic carbocycles. The average Bonchev–Trinajstić information content (AvgIpc) is 3.51. The van der Waals surface area contributed by atoms with Gasteiger partial charge >= 0.3 is 0 Å². The second-order valence-corrected chi connectivity index (χ2v) is 9.09. The zero-order chi connectivity index (χ0) is 24.3. The summed E-state index contributed by atoms with van der Waals surface area (Å²) >= 11 is 0. The van der Waals surface area contributed by atoms with Crippen molar-refractivity contribution in [1.82, 2.24) is 0 Å². The summed E-state index contributed by atoms with van der Waals surface area (Å²) in [4.78, 5) is 40.7. The number of nitrogens with zero attached hydrogens (tertiary/aromatic N) is 3. The van der Waals surface area contributed by atoms with Gasteiger partial charge in [-0.25, -0.2) is 15.0 Å². The minimum Gasteiger partial charge on any atom is -0.273 e. The van der Waals surface area contributed by atoms with Crippen LogP contribution in [0, 0.1) is 5.92 Å². The highest BCUT2D eigenvalue weighted by Crippen LogP contribution is 2.58. The summed E-state index contributed by atoms with van der Waals surface area (Å²) in [5.41, 5.74) is 3.40. The molecule has 3 atom stereocenters. The van der Waals surface area contributed by atoms with Crippen LogP contribution in [0.4, 0.5) is 17.1 Å². The van der Waals surface area contributed by atoms with Crippen LogP contribution in [0.3, 0.4) is 0 Å². The van der Waals surface area contributed by atoms with Crippen LogP contribution in [-0.4, -0.2) is 23.6 Å². The fraction of sp³-hybridized carbons (Fsp3) is 0.100. The molecular formula is C30H21N3O3. The van der Waals surface area contributed by atoms with Crippen LogP contribution in [-0.2, 0) is 20.0 Å². The Morgan fingerprint density at radius 3 is 2.03 bits per heavy atom. The number of para-hydroxylation sites is 3. The van der Waals surface area contributed by atoms with Crippen LogP contribution in [0.2, 0.25) is 0 Å². The highest BCUT2D eigenvalue weighted by atomic mass is 16.7. The number of hydrogen-bond donors (Lipinski definition) is 0. The molecular weight excluding hydrogens is 450 g/mol. The first kappa shape index (κ1) is 20.8. The van der Waals surface area contributed by atoms with Crippen molar-refractivity contribution in [2.24, 2.45) is 10.9 Å². The topological polar surface area (TPSA) is 62.2 Å². The molecule has 0 aromatic heterocycles. The number of rotatable bonds is 3. The zero-order valence-electron chi connectivity index (χ0n) is 19.2. The smallest absolute Gasteiger partial charge is 0.266 e. The number of fused-ring (bicyclic) bond motifs is 5. The first-order valence-corrected chi connectivity index (χ1v) is 11.9. The maximum absolute atomic E-state index is 14.2. The molecule has 0 unspecified atom stereocenters. The van der Waals surface area contributed by atoms with Crippen LogP contribution in [0.5, 0.6) is 0 Å². The van der Waals surface area contributed by atoms with Gasteiger partial charge in [-0.2, -0.15) is 0 Å². The molecule has 3 heterocycles. The fourth-order valence-electron chi connectivity index (χ4n) is 5.75. The van der Waals surface area contributed by atoms with E-state index in [0.29, 0.717) is 11.4 Å². The minimum atomic E-state index is -1.11. The average molecular weight is 472 g/mol. The quantitative estimate of drug-likeness (QED) is 0.394. The van der Waals surface area contributed by atoms with Crippen molar-refractivity contribution >= 4 is 34.6 Å². The molecule has 0 saturated carbocycles. The van der Waals surface area contributed by atoms with Gasteiger partial charge in [0.25, 0.3) is 5.91 Å². The predicted molar refractivity (Wildman–Crippen MR) is 137 cm³/mol. The van der Waals surface area contributed by atoms with E-state index in [1.807, 2.05) is 103 Å². The lowest BCUT2D eigenvalue weighted by Gasteiger charge is -2.36. The maximum atomic E-state index is 14.2. The second kappa shape index (κ2) is 7.73. The van der Waals surface area contributed by atoms with Crippen molar-refractivity contribution in [3.63, 3.8) is 0 Å². The van der Waals surface area contributed by atoms with Gasteiger partial charge in [-0.15, -0.1) is 0 Å². The van der Waals surface area contributed by atoms with Gasteiger partial charge in [0, 0.05) is 5.56 Å². The second-order valence-electron chi connectivity index (χ2n) is 9.09. The number of carbonyl (C=O) groups is 2. The van der Waals surface area contributed by atoms with Gasteiger partial charge in [-0.1, -0.05) is 84.9 Å². The number of anilines is 2. The van der Waals surface area contributed by atoms with Gasteiger partial charge in [0.1, 0.15) is 11.5 Å². The zero-order valence-corrected chi connectivity index (χ0v) is 19.2. The molecule has 174 valence electrons. The van der Waals surface area contributed by atoms with Crippen LogP contribution in [0.1, 0.15) is 11.1 Å². The van der Waals surface area contributed by atoms with E-state index in [-0.39, 0.29) is 11.8 Å². The molecule has 0 N–H and O–H groups in total. The van der Waals surface area contributed by atoms with Gasteiger partial charge < -0.3 is 0 Å². The molecule has 36 heavy (non-hydrogen) atoms. The van der Waals surface area contributed by atoms with E-state index < -0.39 is 17.6 Å². The van der Waals surface area contributed by atoms with Gasteiger partial charge in [-0.05, 0) is 35.9 Å². The summed E-state index contributed by atoms with van der Waals surface area (Å²) in [5.74, 6) is -1.48. The Morgan fingerprint density at radius 2 is 1.31 bits per heavy atom. The lowest BCUT2D eigenvalue weighted by atomic mass is 9.73. The van der Waals surface area contributed by atoms with Crippen LogP contribution >= 0.6 is 0 Å². The number of hydroxylamine groups is 1. The Hall–Kier alpha value is -4.55. The van der Waals surface area contributed by atoms with Crippen LogP contribution < -0.4 is 9.96 Å². The molecule has 6 nitrogen and oxygen atoms in total. The molecule has 2 saturated heterocycles. The number of imide groups is 1. The normalized spacial score (nSPS) is 25.3. The third kappa shape index (κ3) is 2.67. The van der Waals surface area contributed by atoms with Gasteiger partial charge in [0.05, 0.1) is 22.8 Å². The van der Waals surface area contributed by atoms with Crippen molar-refractivity contribution in [1.29, 1.82) is 0 Å². The summed E-state index contributed by atoms with van der Waals surface area (Å²) in [6.45, 7) is 0. The Balaban J connectivity index is 1.51. The Kier molecular flexibility index (Phi) is 4.46. The summed E-state index contributed by atoms with van der Waals surface area (Å²) in [6, 6.07) is 36.3. The van der Waals surface area contributed by atoms with E-state index >= 15 is 0 Å². The lowest BCUT2D eigenvalue weighted by molar-refractivity contribution is -0.126. The number of aliphatic imine (C=N–C) groups is 1. The molecule has 4 aromatic rings. The highest BCUT2D eigenvalue weighted by molar-refractivity contribution is 6.29. The molecule has 0 radical (unpaired) electrons. The predicted octanol–water partition coefficient (Wildman–Crippen LogP) is 5.03. The van der Waals surface area contributed by atoms with E-state index in [1.54, 1.807) is 17.2 Å². The number of hydrogen-bond acceptors (Lipinski definition) is 5. The molecule has 2 amide bonds. The highest BCUT2D eigenvalue weighted by Gasteiger charge is 2.72. The van der Waals surface area contributed by atoms with Crippen molar-refractivity contribution in [3.8, 4) is 0 Å². The van der Waals surface area contributed by atoms with E-state index in [4.69, 9.17) is 9.83 Å². The number of amides is 2. The van der Waals surface area contributed by atoms with Crippen molar-refractivity contribution in [3.05, 3.63) is 126 Å². The summed E-state index contributed by atoms with van der Waals surface area (Å²) in [7, 11) is 0. The number of benzene rings is 4. The van der Waals surface area contributed by atoms with Crippen LogP contribution in [0.15, 0.2) is 120 Å². The van der Waals surface area contributed by atoms with Crippen LogP contribution in [0.25, 0.3) is 0 Å².